The first-order valence-corrected chi connectivity index (χ1v) is 13.6. The molecule has 0 bridgehead atoms. The van der Waals surface area contributed by atoms with Crippen molar-refractivity contribution >= 4 is 64.0 Å². The Balaban J connectivity index is 1.66. The number of aromatic nitrogens is 2. The van der Waals surface area contributed by atoms with Crippen molar-refractivity contribution in [2.75, 3.05) is 18.5 Å². The Morgan fingerprint density at radius 2 is 1.70 bits per heavy atom. The summed E-state index contributed by atoms with van der Waals surface area (Å²) >= 11 is 24.7. The van der Waals surface area contributed by atoms with Crippen LogP contribution >= 0.6 is 46.4 Å². The molecule has 0 aliphatic carbocycles. The molecule has 2 aromatic heterocycles. The number of nitrogens with zero attached hydrogens (tertiary/aromatic N) is 3. The summed E-state index contributed by atoms with van der Waals surface area (Å²) in [7, 11) is 1.66. The van der Waals surface area contributed by atoms with E-state index in [4.69, 9.17) is 55.7 Å². The summed E-state index contributed by atoms with van der Waals surface area (Å²) in [4.78, 5) is 29.6. The highest BCUT2D eigenvalue weighted by Crippen LogP contribution is 2.36. The summed E-state index contributed by atoms with van der Waals surface area (Å²) in [6.45, 7) is 3.88. The molecule has 0 saturated heterocycles. The van der Waals surface area contributed by atoms with Crippen molar-refractivity contribution in [3.8, 4) is 28.5 Å². The lowest BCUT2D eigenvalue weighted by Crippen LogP contribution is -2.34. The van der Waals surface area contributed by atoms with Crippen molar-refractivity contribution in [1.29, 1.82) is 0 Å². The van der Waals surface area contributed by atoms with E-state index in [0.717, 1.165) is 16.7 Å². The van der Waals surface area contributed by atoms with Gasteiger partial charge in [0.2, 0.25) is 0 Å². The van der Waals surface area contributed by atoms with Crippen LogP contribution in [-0.2, 0) is 16.1 Å². The molecule has 4 rings (SSSR count). The summed E-state index contributed by atoms with van der Waals surface area (Å²) in [5, 5.41) is 7.72. The van der Waals surface area contributed by atoms with E-state index in [2.05, 4.69) is 15.5 Å². The highest BCUT2D eigenvalue weighted by molar-refractivity contribution is 6.54. The number of likely N-dealkylation sites (N-methyl/N-ethyl adjacent to an activating group) is 1. The fourth-order valence-corrected chi connectivity index (χ4v) is 4.99. The summed E-state index contributed by atoms with van der Waals surface area (Å²) in [5.41, 5.74) is 4.12. The van der Waals surface area contributed by atoms with Crippen molar-refractivity contribution < 1.29 is 18.8 Å². The average Bonchev–Trinajstić information content (AvgIpc) is 3.39. The summed E-state index contributed by atoms with van der Waals surface area (Å²) in [6, 6.07) is 13.8. The lowest BCUT2D eigenvalue weighted by Gasteiger charge is -2.24. The fraction of sp³-hybridized carbons (Fsp3) is 0.214. The minimum atomic E-state index is -1.31. The van der Waals surface area contributed by atoms with Crippen LogP contribution in [0.1, 0.15) is 16.7 Å². The molecule has 40 heavy (non-hydrogen) atoms. The number of carbonyl (C=O) groups is 2. The molecule has 1 N–H and O–H groups in total. The fourth-order valence-electron chi connectivity index (χ4n) is 4.16. The number of nitrogens with one attached hydrogen (secondary N) is 1. The third-order valence-electron chi connectivity index (χ3n) is 5.89. The number of ether oxygens (including phenoxy) is 1. The molecule has 0 spiro atoms. The maximum absolute atomic E-state index is 13.1. The molecule has 0 atom stereocenters. The van der Waals surface area contributed by atoms with Gasteiger partial charge in [0.15, 0.2) is 10.6 Å². The topological polar surface area (TPSA) is 97.6 Å². The molecule has 2 aromatic carbocycles. The number of pyridine rings is 1. The first kappa shape index (κ1) is 29.8. The van der Waals surface area contributed by atoms with Crippen LogP contribution in [0.5, 0.6) is 5.75 Å². The molecular formula is C28H24Cl4N4O4. The quantitative estimate of drug-likeness (QED) is 0.125. The van der Waals surface area contributed by atoms with Crippen LogP contribution in [0.25, 0.3) is 22.7 Å². The molecule has 0 aliphatic heterocycles. The number of alkyl halides is 2. The highest BCUT2D eigenvalue weighted by Gasteiger charge is 2.24. The second kappa shape index (κ2) is 13.0. The van der Waals surface area contributed by atoms with Gasteiger partial charge in [-0.2, -0.15) is 0 Å². The lowest BCUT2D eigenvalue weighted by molar-refractivity contribution is -0.133. The molecule has 208 valence electrons. The normalized spacial score (nSPS) is 11.1. The van der Waals surface area contributed by atoms with Gasteiger partial charge in [-0.3, -0.25) is 14.6 Å². The Morgan fingerprint density at radius 3 is 2.33 bits per heavy atom. The molecule has 0 fully saturated rings. The number of aryl methyl sites for hydroxylation is 2. The van der Waals surface area contributed by atoms with Crippen LogP contribution in [0.2, 0.25) is 10.0 Å². The Kier molecular flexibility index (Phi) is 9.71. The monoisotopic (exact) mass is 620 g/mol. The van der Waals surface area contributed by atoms with Crippen molar-refractivity contribution in [1.82, 2.24) is 15.5 Å². The summed E-state index contributed by atoms with van der Waals surface area (Å²) in [5.74, 6) is -0.114. The van der Waals surface area contributed by atoms with Gasteiger partial charge in [0.1, 0.15) is 17.1 Å². The number of rotatable bonds is 9. The SMILES string of the molecule is CNCC(=O)Oc1c(C)cc(CN(C(=O)C(Cl)Cl)c2ccnc(-c3cc(-c4c(Cl)cccc4Cl)no3)c2)cc1C. The minimum Gasteiger partial charge on any atom is -0.425 e. The smallest absolute Gasteiger partial charge is 0.325 e. The number of halogens is 4. The predicted molar refractivity (Wildman–Crippen MR) is 157 cm³/mol. The van der Waals surface area contributed by atoms with Crippen molar-refractivity contribution in [2.45, 2.75) is 25.2 Å². The molecule has 0 radical (unpaired) electrons. The number of esters is 1. The van der Waals surface area contributed by atoms with Crippen LogP contribution < -0.4 is 15.0 Å². The highest BCUT2D eigenvalue weighted by atomic mass is 35.5. The van der Waals surface area contributed by atoms with E-state index in [-0.39, 0.29) is 13.1 Å². The minimum absolute atomic E-state index is 0.0816. The van der Waals surface area contributed by atoms with Crippen molar-refractivity contribution in [3.05, 3.63) is 81.5 Å². The van der Waals surface area contributed by atoms with Crippen LogP contribution in [0.15, 0.2) is 59.3 Å². The van der Waals surface area contributed by atoms with Gasteiger partial charge >= 0.3 is 5.97 Å². The molecule has 1 amide bonds. The third kappa shape index (κ3) is 6.77. The Bertz CT molecular complexity index is 1510. The molecule has 0 unspecified atom stereocenters. The van der Waals surface area contributed by atoms with Gasteiger partial charge in [-0.05, 0) is 61.9 Å². The van der Waals surface area contributed by atoms with Crippen LogP contribution in [-0.4, -0.2) is 40.4 Å². The number of anilines is 1. The molecule has 12 heteroatoms. The zero-order valence-electron chi connectivity index (χ0n) is 21.7. The molecule has 2 heterocycles. The lowest BCUT2D eigenvalue weighted by atomic mass is 10.0. The molecule has 0 aliphatic rings. The molecular weight excluding hydrogens is 598 g/mol. The van der Waals surface area contributed by atoms with E-state index in [0.29, 0.717) is 44.2 Å². The van der Waals surface area contributed by atoms with E-state index >= 15 is 0 Å². The van der Waals surface area contributed by atoms with E-state index in [9.17, 15) is 9.59 Å². The van der Waals surface area contributed by atoms with E-state index < -0.39 is 16.7 Å². The van der Waals surface area contributed by atoms with Gasteiger partial charge in [-0.15, -0.1) is 0 Å². The third-order valence-corrected chi connectivity index (χ3v) is 6.89. The van der Waals surface area contributed by atoms with E-state index in [1.54, 1.807) is 43.4 Å². The second-order valence-corrected chi connectivity index (χ2v) is 10.8. The van der Waals surface area contributed by atoms with Gasteiger partial charge in [0.05, 0.1) is 23.1 Å². The number of carbonyl (C=O) groups excluding carboxylic acids is 2. The molecule has 0 saturated carbocycles. The van der Waals surface area contributed by atoms with Gasteiger partial charge < -0.3 is 19.5 Å². The summed E-state index contributed by atoms with van der Waals surface area (Å²) < 4.78 is 11.0. The van der Waals surface area contributed by atoms with Crippen LogP contribution in [0.4, 0.5) is 5.69 Å². The first-order valence-electron chi connectivity index (χ1n) is 12.0. The van der Waals surface area contributed by atoms with Crippen molar-refractivity contribution in [2.24, 2.45) is 0 Å². The largest absolute Gasteiger partial charge is 0.425 e. The van der Waals surface area contributed by atoms with Gasteiger partial charge in [-0.25, -0.2) is 0 Å². The zero-order valence-corrected chi connectivity index (χ0v) is 24.7. The summed E-state index contributed by atoms with van der Waals surface area (Å²) in [6.07, 6.45) is 1.54. The van der Waals surface area contributed by atoms with Crippen LogP contribution in [0, 0.1) is 13.8 Å². The van der Waals surface area contributed by atoms with Crippen molar-refractivity contribution in [3.63, 3.8) is 0 Å². The number of amides is 1. The first-order chi connectivity index (χ1) is 19.1. The van der Waals surface area contributed by atoms with E-state index in [1.165, 1.54) is 11.1 Å². The van der Waals surface area contributed by atoms with Gasteiger partial charge in [-0.1, -0.05) is 69.8 Å². The van der Waals surface area contributed by atoms with E-state index in [1.807, 2.05) is 26.0 Å². The number of benzene rings is 2. The molecule has 4 aromatic rings. The Labute approximate surface area is 251 Å². The second-order valence-electron chi connectivity index (χ2n) is 8.86. The number of hydrogen-bond acceptors (Lipinski definition) is 7. The Hall–Kier alpha value is -3.14. The average molecular weight is 622 g/mol. The predicted octanol–water partition coefficient (Wildman–Crippen LogP) is 6.79. The Morgan fingerprint density at radius 1 is 1.02 bits per heavy atom. The zero-order chi connectivity index (χ0) is 29.0. The van der Waals surface area contributed by atoms with Gasteiger partial charge in [0.25, 0.3) is 5.91 Å². The maximum Gasteiger partial charge on any atom is 0.325 e. The number of hydrogen-bond donors (Lipinski definition) is 1. The van der Waals surface area contributed by atoms with Gasteiger partial charge in [0, 0.05) is 23.5 Å². The molecule has 8 nitrogen and oxygen atoms in total. The van der Waals surface area contributed by atoms with Crippen LogP contribution in [0.3, 0.4) is 0 Å². The standard InChI is InChI=1S/C28H24Cl4N4O4/c1-15-9-17(10-16(2)26(15)39-24(37)13-33-3)14-36(28(38)27(31)32)18-7-8-34-21(11-18)23-12-22(35-40-23)25-19(29)5-4-6-20(25)30/h4-12,27,33H,13-14H2,1-3H3. The maximum atomic E-state index is 13.1.